The molecule has 1 aromatic heterocycles. The average Bonchev–Trinajstić information content (AvgIpc) is 3.17. The highest BCUT2D eigenvalue weighted by molar-refractivity contribution is 6.05. The normalized spacial score (nSPS) is 19.6. The number of benzene rings is 1. The quantitative estimate of drug-likeness (QED) is 0.686. The minimum atomic E-state index is -0.356. The van der Waals surface area contributed by atoms with Crippen LogP contribution in [0.25, 0.3) is 0 Å². The zero-order chi connectivity index (χ0) is 22.7. The number of nitrogens with zero attached hydrogens (tertiary/aromatic N) is 4. The zero-order valence-electron chi connectivity index (χ0n) is 18.7. The van der Waals surface area contributed by atoms with Gasteiger partial charge in [-0.1, -0.05) is 31.2 Å². The van der Waals surface area contributed by atoms with Gasteiger partial charge in [0.15, 0.2) is 11.4 Å². The van der Waals surface area contributed by atoms with Crippen LogP contribution in [0.2, 0.25) is 0 Å². The first-order valence-corrected chi connectivity index (χ1v) is 11.4. The van der Waals surface area contributed by atoms with Crippen molar-refractivity contribution in [3.63, 3.8) is 0 Å². The number of hydrogen-bond donors (Lipinski definition) is 2. The van der Waals surface area contributed by atoms with Gasteiger partial charge in [-0.2, -0.15) is 0 Å². The van der Waals surface area contributed by atoms with Crippen molar-refractivity contribution in [1.29, 1.82) is 0 Å². The van der Waals surface area contributed by atoms with Crippen LogP contribution in [0, 0.1) is 17.7 Å². The summed E-state index contributed by atoms with van der Waals surface area (Å²) in [7, 11) is 0. The molecule has 1 aromatic carbocycles. The molecule has 0 saturated carbocycles. The van der Waals surface area contributed by atoms with Gasteiger partial charge in [-0.3, -0.25) is 14.5 Å². The number of carbonyl (C=O) groups is 2. The van der Waals surface area contributed by atoms with Crippen molar-refractivity contribution in [2.45, 2.75) is 52.2 Å². The van der Waals surface area contributed by atoms with E-state index < -0.39 is 0 Å². The molecule has 0 aliphatic carbocycles. The second-order valence-electron chi connectivity index (χ2n) is 9.33. The molecule has 1 atom stereocenters. The monoisotopic (exact) mass is 442 g/mol. The lowest BCUT2D eigenvalue weighted by molar-refractivity contribution is 0.0866. The van der Waals surface area contributed by atoms with Crippen molar-refractivity contribution < 1.29 is 14.0 Å². The number of nitrogens with one attached hydrogen (secondary N) is 2. The lowest BCUT2D eigenvalue weighted by atomic mass is 9.96. The van der Waals surface area contributed by atoms with Crippen LogP contribution in [0.3, 0.4) is 0 Å². The third kappa shape index (κ3) is 5.32. The number of carbonyl (C=O) groups excluding carboxylic acids is 2. The fourth-order valence-corrected chi connectivity index (χ4v) is 4.59. The summed E-state index contributed by atoms with van der Waals surface area (Å²) >= 11 is 0. The molecule has 2 amide bonds. The lowest BCUT2D eigenvalue weighted by Gasteiger charge is -2.32. The van der Waals surface area contributed by atoms with Crippen LogP contribution in [-0.4, -0.2) is 57.4 Å². The summed E-state index contributed by atoms with van der Waals surface area (Å²) in [6.07, 6.45) is 2.75. The van der Waals surface area contributed by atoms with E-state index in [0.717, 1.165) is 44.5 Å². The Hall–Kier alpha value is -2.81. The first kappa shape index (κ1) is 22.4. The Labute approximate surface area is 187 Å². The lowest BCUT2D eigenvalue weighted by Crippen LogP contribution is -2.46. The average molecular weight is 443 g/mol. The molecule has 2 N–H and O–H groups in total. The van der Waals surface area contributed by atoms with E-state index in [0.29, 0.717) is 24.9 Å². The smallest absolute Gasteiger partial charge is 0.274 e. The summed E-state index contributed by atoms with van der Waals surface area (Å²) in [5, 5.41) is 13.9. The molecule has 1 fully saturated rings. The van der Waals surface area contributed by atoms with Gasteiger partial charge in [0.25, 0.3) is 11.8 Å². The van der Waals surface area contributed by atoms with Gasteiger partial charge < -0.3 is 10.6 Å². The molecule has 172 valence electrons. The fraction of sp³-hybridized carbons (Fsp3) is 0.565. The molecule has 4 rings (SSSR count). The highest BCUT2D eigenvalue weighted by atomic mass is 19.1. The van der Waals surface area contributed by atoms with E-state index in [4.69, 9.17) is 0 Å². The molecular weight excluding hydrogens is 411 g/mol. The maximum Gasteiger partial charge on any atom is 0.274 e. The van der Waals surface area contributed by atoms with Crippen LogP contribution in [0.15, 0.2) is 24.3 Å². The SMILES string of the molecule is CC(C)C[C@H]1Cn2nnc(C(=O)NCC3CCN(Cc4cccc(F)c4)CC3)c2C(=O)N1. The third-order valence-electron chi connectivity index (χ3n) is 6.20. The van der Waals surface area contributed by atoms with Crippen LogP contribution < -0.4 is 10.6 Å². The van der Waals surface area contributed by atoms with Gasteiger partial charge in [-0.05, 0) is 61.9 Å². The Balaban J connectivity index is 1.26. The van der Waals surface area contributed by atoms with E-state index in [-0.39, 0.29) is 35.1 Å². The number of aromatic nitrogens is 3. The Kier molecular flexibility index (Phi) is 6.83. The van der Waals surface area contributed by atoms with Gasteiger partial charge in [-0.15, -0.1) is 5.10 Å². The second-order valence-corrected chi connectivity index (χ2v) is 9.33. The van der Waals surface area contributed by atoms with Crippen LogP contribution in [0.4, 0.5) is 4.39 Å². The summed E-state index contributed by atoms with van der Waals surface area (Å²) in [5.74, 6) is -0.0411. The van der Waals surface area contributed by atoms with Crippen molar-refractivity contribution in [2.75, 3.05) is 19.6 Å². The van der Waals surface area contributed by atoms with E-state index >= 15 is 0 Å². The molecule has 3 heterocycles. The summed E-state index contributed by atoms with van der Waals surface area (Å²) < 4.78 is 14.9. The molecule has 32 heavy (non-hydrogen) atoms. The zero-order valence-corrected chi connectivity index (χ0v) is 18.7. The minimum absolute atomic E-state index is 0.00479. The number of halogens is 1. The first-order valence-electron chi connectivity index (χ1n) is 11.4. The van der Waals surface area contributed by atoms with E-state index in [1.165, 1.54) is 6.07 Å². The molecule has 0 spiro atoms. The van der Waals surface area contributed by atoms with Crippen molar-refractivity contribution in [3.05, 3.63) is 47.0 Å². The number of amides is 2. The highest BCUT2D eigenvalue weighted by Crippen LogP contribution is 2.20. The molecule has 0 radical (unpaired) electrons. The number of hydrogen-bond acceptors (Lipinski definition) is 5. The van der Waals surface area contributed by atoms with E-state index in [1.54, 1.807) is 16.8 Å². The maximum atomic E-state index is 13.4. The summed E-state index contributed by atoms with van der Waals surface area (Å²) in [6, 6.07) is 6.72. The van der Waals surface area contributed by atoms with Gasteiger partial charge >= 0.3 is 0 Å². The number of piperidine rings is 1. The Morgan fingerprint density at radius 2 is 2.09 bits per heavy atom. The molecule has 1 saturated heterocycles. The largest absolute Gasteiger partial charge is 0.350 e. The highest BCUT2D eigenvalue weighted by Gasteiger charge is 2.32. The number of rotatable bonds is 7. The van der Waals surface area contributed by atoms with Gasteiger partial charge in [0.05, 0.1) is 6.54 Å². The van der Waals surface area contributed by atoms with Crippen LogP contribution in [-0.2, 0) is 13.1 Å². The maximum absolute atomic E-state index is 13.4. The molecule has 2 aliphatic rings. The van der Waals surface area contributed by atoms with Crippen molar-refractivity contribution in [3.8, 4) is 0 Å². The van der Waals surface area contributed by atoms with Crippen LogP contribution in [0.1, 0.15) is 59.7 Å². The first-order chi connectivity index (χ1) is 15.4. The molecule has 2 aromatic rings. The van der Waals surface area contributed by atoms with Crippen molar-refractivity contribution >= 4 is 11.8 Å². The molecule has 2 aliphatic heterocycles. The molecule has 0 unspecified atom stereocenters. The van der Waals surface area contributed by atoms with Crippen LogP contribution in [0.5, 0.6) is 0 Å². The van der Waals surface area contributed by atoms with Gasteiger partial charge in [-0.25, -0.2) is 9.07 Å². The molecule has 9 heteroatoms. The summed E-state index contributed by atoms with van der Waals surface area (Å²) in [5.41, 5.74) is 1.31. The predicted octanol–water partition coefficient (Wildman–Crippen LogP) is 2.22. The Morgan fingerprint density at radius 1 is 1.31 bits per heavy atom. The summed E-state index contributed by atoms with van der Waals surface area (Å²) in [6.45, 7) is 7.81. The predicted molar refractivity (Wildman–Crippen MR) is 117 cm³/mol. The van der Waals surface area contributed by atoms with Gasteiger partial charge in [0, 0.05) is 19.1 Å². The summed E-state index contributed by atoms with van der Waals surface area (Å²) in [4.78, 5) is 27.6. The van der Waals surface area contributed by atoms with Crippen molar-refractivity contribution in [1.82, 2.24) is 30.5 Å². The number of fused-ring (bicyclic) bond motifs is 1. The van der Waals surface area contributed by atoms with E-state index in [1.807, 2.05) is 6.07 Å². The minimum Gasteiger partial charge on any atom is -0.350 e. The van der Waals surface area contributed by atoms with E-state index in [2.05, 4.69) is 39.7 Å². The standard InChI is InChI=1S/C23H31FN6O2/c1-15(2)10-19-14-30-21(23(32)26-19)20(27-28-30)22(31)25-12-16-6-8-29(9-7-16)13-17-4-3-5-18(24)11-17/h3-5,11,15-16,19H,6-10,12-14H2,1-2H3,(H,25,31)(H,26,32)/t19-/m0/s1. The topological polar surface area (TPSA) is 92.2 Å². The second kappa shape index (κ2) is 9.77. The van der Waals surface area contributed by atoms with Crippen LogP contribution >= 0.6 is 0 Å². The van der Waals surface area contributed by atoms with E-state index in [9.17, 15) is 14.0 Å². The molecule has 8 nitrogen and oxygen atoms in total. The Bertz CT molecular complexity index is 967. The van der Waals surface area contributed by atoms with Gasteiger partial charge in [0.1, 0.15) is 5.82 Å². The third-order valence-corrected chi connectivity index (χ3v) is 6.20. The molecular formula is C23H31FN6O2. The Morgan fingerprint density at radius 3 is 2.81 bits per heavy atom. The van der Waals surface area contributed by atoms with Gasteiger partial charge in [0.2, 0.25) is 0 Å². The molecule has 0 bridgehead atoms. The van der Waals surface area contributed by atoms with Crippen molar-refractivity contribution in [2.24, 2.45) is 11.8 Å². The number of likely N-dealkylation sites (tertiary alicyclic amines) is 1. The fourth-order valence-electron chi connectivity index (χ4n) is 4.59.